The largest absolute Gasteiger partial charge is 0.453 e. The number of hydrogen-bond donors (Lipinski definition) is 1. The van der Waals surface area contributed by atoms with Gasteiger partial charge < -0.3 is 5.11 Å². The summed E-state index contributed by atoms with van der Waals surface area (Å²) in [5.41, 5.74) is 0.941. The number of carbonyl (C=O) groups excluding carboxylic acids is 1. The van der Waals surface area contributed by atoms with Crippen molar-refractivity contribution in [3.63, 3.8) is 0 Å². The van der Waals surface area contributed by atoms with E-state index in [-0.39, 0.29) is 17.3 Å². The van der Waals surface area contributed by atoms with E-state index in [9.17, 15) is 31.9 Å². The van der Waals surface area contributed by atoms with Crippen LogP contribution in [0.3, 0.4) is 0 Å². The molecular formula is C34H53F5O2S. The van der Waals surface area contributed by atoms with Gasteiger partial charge in [-0.1, -0.05) is 57.9 Å². The Morgan fingerprint density at radius 1 is 0.857 bits per heavy atom. The van der Waals surface area contributed by atoms with Crippen molar-refractivity contribution in [3.05, 3.63) is 11.6 Å². The van der Waals surface area contributed by atoms with E-state index >= 15 is 0 Å². The molecule has 2 nitrogen and oxygen atoms in total. The van der Waals surface area contributed by atoms with Gasteiger partial charge in [0, 0.05) is 12.8 Å². The SMILES string of the molecule is CC1(O)CC[C@H]2[C@@H]3C(CCCCCCCCCSCCCC(F)(F)C(F)(F)F)CC4=CC(=O)CC[C@]4(C)[C@@H]3CC[C@@]21C. The normalized spacial score (nSPS) is 36.8. The number of hydrogen-bond acceptors (Lipinski definition) is 3. The van der Waals surface area contributed by atoms with Crippen LogP contribution in [0.5, 0.6) is 0 Å². The summed E-state index contributed by atoms with van der Waals surface area (Å²) in [6.45, 7) is 6.84. The summed E-state index contributed by atoms with van der Waals surface area (Å²) in [4.78, 5) is 12.4. The number of allylic oxidation sites excluding steroid dienone is 1. The van der Waals surface area contributed by atoms with Gasteiger partial charge in [0.15, 0.2) is 5.78 Å². The lowest BCUT2D eigenvalue weighted by Gasteiger charge is -2.61. The summed E-state index contributed by atoms with van der Waals surface area (Å²) in [5.74, 6) is -0.730. The molecule has 1 N–H and O–H groups in total. The Balaban J connectivity index is 1.17. The second-order valence-electron chi connectivity index (χ2n) is 14.8. The van der Waals surface area contributed by atoms with Crippen LogP contribution in [0.4, 0.5) is 22.0 Å². The molecule has 0 bridgehead atoms. The minimum atomic E-state index is -5.44. The van der Waals surface area contributed by atoms with Gasteiger partial charge in [0.25, 0.3) is 0 Å². The van der Waals surface area contributed by atoms with Gasteiger partial charge >= 0.3 is 12.1 Å². The third-order valence-corrected chi connectivity index (χ3v) is 13.4. The summed E-state index contributed by atoms with van der Waals surface area (Å²) in [6.07, 6.45) is 11.4. The van der Waals surface area contributed by atoms with Gasteiger partial charge in [0.1, 0.15) is 0 Å². The fourth-order valence-corrected chi connectivity index (χ4v) is 10.3. The van der Waals surface area contributed by atoms with Gasteiger partial charge in [-0.3, -0.25) is 4.79 Å². The number of rotatable bonds is 14. The van der Waals surface area contributed by atoms with E-state index in [1.165, 1.54) is 49.4 Å². The average Bonchev–Trinajstić information content (AvgIpc) is 3.15. The van der Waals surface area contributed by atoms with Crippen molar-refractivity contribution in [2.45, 2.75) is 148 Å². The molecule has 42 heavy (non-hydrogen) atoms. The van der Waals surface area contributed by atoms with Crippen molar-refractivity contribution in [2.24, 2.45) is 34.5 Å². The first-order valence-corrected chi connectivity index (χ1v) is 17.8. The first-order valence-electron chi connectivity index (χ1n) is 16.6. The second-order valence-corrected chi connectivity index (χ2v) is 16.0. The number of ketones is 1. The fraction of sp³-hybridized carbons (Fsp3) is 0.912. The summed E-state index contributed by atoms with van der Waals surface area (Å²) >= 11 is 1.47. The van der Waals surface area contributed by atoms with E-state index in [4.69, 9.17) is 0 Å². The van der Waals surface area contributed by atoms with Crippen LogP contribution in [-0.4, -0.2) is 40.1 Å². The predicted octanol–water partition coefficient (Wildman–Crippen LogP) is 10.3. The zero-order chi connectivity index (χ0) is 30.8. The molecule has 2 unspecified atom stereocenters. The van der Waals surface area contributed by atoms with Crippen molar-refractivity contribution >= 4 is 17.5 Å². The van der Waals surface area contributed by atoms with Crippen LogP contribution in [0.15, 0.2) is 11.6 Å². The van der Waals surface area contributed by atoms with Crippen LogP contribution in [-0.2, 0) is 4.79 Å². The highest BCUT2D eigenvalue weighted by molar-refractivity contribution is 7.99. The molecule has 7 atom stereocenters. The Labute approximate surface area is 254 Å². The van der Waals surface area contributed by atoms with E-state index in [0.29, 0.717) is 41.6 Å². The third kappa shape index (κ3) is 7.10. The third-order valence-electron chi connectivity index (χ3n) is 12.3. The van der Waals surface area contributed by atoms with Crippen LogP contribution >= 0.6 is 11.8 Å². The lowest BCUT2D eigenvalue weighted by Crippen LogP contribution is -2.56. The number of halogens is 5. The van der Waals surface area contributed by atoms with Gasteiger partial charge in [-0.05, 0) is 117 Å². The monoisotopic (exact) mass is 620 g/mol. The average molecular weight is 621 g/mol. The van der Waals surface area contributed by atoms with Crippen molar-refractivity contribution in [1.82, 2.24) is 0 Å². The highest BCUT2D eigenvalue weighted by Crippen LogP contribution is 2.69. The Bertz CT molecular complexity index is 962. The van der Waals surface area contributed by atoms with Gasteiger partial charge in [-0.25, -0.2) is 0 Å². The second kappa shape index (κ2) is 13.4. The molecule has 0 aliphatic heterocycles. The maximum Gasteiger partial charge on any atom is 0.453 e. The quantitative estimate of drug-likeness (QED) is 0.155. The number of fused-ring (bicyclic) bond motifs is 5. The molecule has 4 aliphatic carbocycles. The highest BCUT2D eigenvalue weighted by Gasteiger charge is 2.64. The summed E-state index contributed by atoms with van der Waals surface area (Å²) in [5, 5.41) is 11.4. The molecule has 4 aliphatic rings. The van der Waals surface area contributed by atoms with Crippen LogP contribution in [0.1, 0.15) is 130 Å². The molecule has 8 heteroatoms. The molecule has 0 aromatic rings. The topological polar surface area (TPSA) is 37.3 Å². The van der Waals surface area contributed by atoms with E-state index in [1.807, 2.05) is 6.08 Å². The van der Waals surface area contributed by atoms with Crippen molar-refractivity contribution in [3.8, 4) is 0 Å². The Kier molecular flexibility index (Phi) is 10.9. The molecule has 4 rings (SSSR count). The van der Waals surface area contributed by atoms with E-state index in [2.05, 4.69) is 20.8 Å². The molecule has 0 amide bonds. The van der Waals surface area contributed by atoms with Gasteiger partial charge in [-0.15, -0.1) is 0 Å². The molecule has 3 saturated carbocycles. The molecule has 0 aromatic heterocycles. The Morgan fingerprint density at radius 2 is 1.48 bits per heavy atom. The first-order chi connectivity index (χ1) is 19.6. The molecule has 0 saturated heterocycles. The smallest absolute Gasteiger partial charge is 0.390 e. The predicted molar refractivity (Wildman–Crippen MR) is 161 cm³/mol. The number of alkyl halides is 5. The van der Waals surface area contributed by atoms with E-state index < -0.39 is 24.1 Å². The number of aliphatic hydroxyl groups is 1. The summed E-state index contributed by atoms with van der Waals surface area (Å²) in [6, 6.07) is 0. The van der Waals surface area contributed by atoms with Gasteiger partial charge in [-0.2, -0.15) is 33.7 Å². The van der Waals surface area contributed by atoms with Crippen LogP contribution < -0.4 is 0 Å². The fourth-order valence-electron chi connectivity index (χ4n) is 9.38. The Morgan fingerprint density at radius 3 is 2.17 bits per heavy atom. The summed E-state index contributed by atoms with van der Waals surface area (Å²) < 4.78 is 62.5. The molecular weight excluding hydrogens is 567 g/mol. The van der Waals surface area contributed by atoms with Crippen LogP contribution in [0, 0.1) is 34.5 Å². The summed E-state index contributed by atoms with van der Waals surface area (Å²) in [7, 11) is 0. The highest BCUT2D eigenvalue weighted by atomic mass is 32.2. The zero-order valence-corrected chi connectivity index (χ0v) is 26.8. The molecule has 0 aromatic carbocycles. The number of unbranched alkanes of at least 4 members (excludes halogenated alkanes) is 6. The Hall–Kier alpha value is -0.630. The minimum absolute atomic E-state index is 0.0130. The van der Waals surface area contributed by atoms with Gasteiger partial charge in [0.2, 0.25) is 0 Å². The first kappa shape index (κ1) is 34.2. The standard InChI is InChI=1S/C34H53F5O2S/c1-30-17-13-26(40)23-25(30)22-24(29-27(30)14-18-31(2)28(29)15-19-32(31,3)41)12-9-7-5-4-6-8-10-20-42-21-11-16-33(35,36)34(37,38)39/h23-24,27-29,41H,4-22H2,1-3H3/t24?,27-,28+,29-,30+,31+,32?/m1/s1. The maximum absolute atomic E-state index is 12.9. The number of thioether (sulfide) groups is 1. The van der Waals surface area contributed by atoms with Crippen molar-refractivity contribution in [2.75, 3.05) is 11.5 Å². The number of carbonyl (C=O) groups is 1. The van der Waals surface area contributed by atoms with Crippen LogP contribution in [0.25, 0.3) is 0 Å². The van der Waals surface area contributed by atoms with Gasteiger partial charge in [0.05, 0.1) is 5.60 Å². The van der Waals surface area contributed by atoms with Crippen molar-refractivity contribution < 1.29 is 31.9 Å². The van der Waals surface area contributed by atoms with E-state index in [1.54, 1.807) is 0 Å². The lowest BCUT2D eigenvalue weighted by molar-refractivity contribution is -0.284. The molecule has 0 radical (unpaired) electrons. The minimum Gasteiger partial charge on any atom is -0.390 e. The molecule has 0 spiro atoms. The zero-order valence-electron chi connectivity index (χ0n) is 26.0. The molecule has 3 fully saturated rings. The lowest BCUT2D eigenvalue weighted by atomic mass is 9.44. The van der Waals surface area contributed by atoms with Crippen LogP contribution in [0.2, 0.25) is 0 Å². The van der Waals surface area contributed by atoms with E-state index in [0.717, 1.165) is 63.5 Å². The molecule has 242 valence electrons. The molecule has 0 heterocycles. The maximum atomic E-state index is 12.9. The van der Waals surface area contributed by atoms with Crippen molar-refractivity contribution in [1.29, 1.82) is 0 Å².